The molecule has 6 rings (SSSR count). The van der Waals surface area contributed by atoms with Crippen molar-refractivity contribution < 1.29 is 14.6 Å². The smallest absolute Gasteiger partial charge is 0.268 e. The molecule has 1 saturated heterocycles. The second-order valence-corrected chi connectivity index (χ2v) is 9.29. The van der Waals surface area contributed by atoms with E-state index >= 15 is 0 Å². The van der Waals surface area contributed by atoms with Crippen LogP contribution in [0, 0.1) is 5.92 Å². The van der Waals surface area contributed by atoms with Gasteiger partial charge in [-0.05, 0) is 47.2 Å². The summed E-state index contributed by atoms with van der Waals surface area (Å²) in [6.07, 6.45) is 4.48. The summed E-state index contributed by atoms with van der Waals surface area (Å²) in [4.78, 5) is 32.8. The summed E-state index contributed by atoms with van der Waals surface area (Å²) in [5.74, 6) is -0.0935. The molecule has 3 saturated carbocycles. The van der Waals surface area contributed by atoms with Gasteiger partial charge in [0.1, 0.15) is 17.0 Å². The molecular weight excluding hydrogens is 440 g/mol. The van der Waals surface area contributed by atoms with E-state index in [1.807, 2.05) is 0 Å². The van der Waals surface area contributed by atoms with Gasteiger partial charge in [0.15, 0.2) is 0 Å². The number of aromatic nitrogens is 2. The first-order chi connectivity index (χ1) is 14.0. The Bertz CT molecular complexity index is 1030. The Kier molecular flexibility index (Phi) is 4.64. The first-order valence-corrected chi connectivity index (χ1v) is 10.8. The zero-order valence-electron chi connectivity index (χ0n) is 16.0. The lowest BCUT2D eigenvalue weighted by Crippen LogP contribution is -2.68. The Hall–Kier alpha value is -1.97. The van der Waals surface area contributed by atoms with E-state index < -0.39 is 11.5 Å². The second-order valence-electron chi connectivity index (χ2n) is 8.37. The topological polar surface area (TPSA) is 96.7 Å². The van der Waals surface area contributed by atoms with Gasteiger partial charge in [-0.2, -0.15) is 0 Å². The Morgan fingerprint density at radius 2 is 2.03 bits per heavy atom. The minimum atomic E-state index is -0.498. The molecule has 4 aliphatic rings. The minimum absolute atomic E-state index is 0.177. The maximum Gasteiger partial charge on any atom is 0.268 e. The number of pyridine rings is 2. The van der Waals surface area contributed by atoms with Gasteiger partial charge in [0, 0.05) is 42.4 Å². The molecule has 2 N–H and O–H groups in total. The average molecular weight is 463 g/mol. The van der Waals surface area contributed by atoms with Gasteiger partial charge in [0.05, 0.1) is 18.6 Å². The third-order valence-electron chi connectivity index (χ3n) is 6.43. The van der Waals surface area contributed by atoms with Crippen LogP contribution < -0.4 is 10.9 Å². The summed E-state index contributed by atoms with van der Waals surface area (Å²) in [5.41, 5.74) is -0.485. The highest BCUT2D eigenvalue weighted by Crippen LogP contribution is 2.57. The van der Waals surface area contributed by atoms with Crippen LogP contribution in [0.2, 0.25) is 0 Å². The van der Waals surface area contributed by atoms with E-state index in [1.165, 1.54) is 4.57 Å². The van der Waals surface area contributed by atoms with E-state index in [9.17, 15) is 14.7 Å². The predicted octanol–water partition coefficient (Wildman–Crippen LogP) is 1.48. The Morgan fingerprint density at radius 1 is 1.31 bits per heavy atom. The molecule has 0 unspecified atom stereocenters. The van der Waals surface area contributed by atoms with Crippen LogP contribution in [0.3, 0.4) is 0 Å². The van der Waals surface area contributed by atoms with Crippen LogP contribution in [-0.4, -0.2) is 63.9 Å². The Labute approximate surface area is 176 Å². The van der Waals surface area contributed by atoms with Gasteiger partial charge in [-0.1, -0.05) is 0 Å². The second kappa shape index (κ2) is 7.07. The van der Waals surface area contributed by atoms with E-state index in [2.05, 4.69) is 31.1 Å². The standard InChI is InChI=1S/C20H23BrN4O4/c21-13-7-14-16(26)15(18(27)23-20-8-12(9-20)10-20)19(28)25(17(14)22-11-13)2-1-24-3-5-29-6-4-24/h7,11-12,26H,1-6,8-10H2,(H,23,27). The molecule has 2 aromatic rings. The molecule has 2 bridgehead atoms. The molecule has 0 atom stereocenters. The van der Waals surface area contributed by atoms with Gasteiger partial charge >= 0.3 is 0 Å². The van der Waals surface area contributed by atoms with E-state index in [0.29, 0.717) is 47.7 Å². The molecule has 9 heteroatoms. The van der Waals surface area contributed by atoms with E-state index in [4.69, 9.17) is 4.74 Å². The van der Waals surface area contributed by atoms with Crippen molar-refractivity contribution in [3.63, 3.8) is 0 Å². The van der Waals surface area contributed by atoms with Crippen molar-refractivity contribution in [3.8, 4) is 5.75 Å². The lowest BCUT2D eigenvalue weighted by Gasteiger charge is -2.61. The number of carbonyl (C=O) groups is 1. The number of rotatable bonds is 5. The van der Waals surface area contributed by atoms with Crippen molar-refractivity contribution in [1.29, 1.82) is 0 Å². The Morgan fingerprint density at radius 3 is 2.69 bits per heavy atom. The van der Waals surface area contributed by atoms with Crippen LogP contribution >= 0.6 is 15.9 Å². The van der Waals surface area contributed by atoms with Crippen LogP contribution in [-0.2, 0) is 11.3 Å². The summed E-state index contributed by atoms with van der Waals surface area (Å²) < 4.78 is 7.56. The third kappa shape index (κ3) is 3.25. The summed E-state index contributed by atoms with van der Waals surface area (Å²) in [7, 11) is 0. The van der Waals surface area contributed by atoms with Crippen LogP contribution in [0.25, 0.3) is 11.0 Å². The molecule has 0 spiro atoms. The number of nitrogens with one attached hydrogen (secondary N) is 1. The van der Waals surface area contributed by atoms with E-state index in [0.717, 1.165) is 32.4 Å². The van der Waals surface area contributed by atoms with Gasteiger partial charge in [0.2, 0.25) is 0 Å². The number of halogens is 1. The number of hydrogen-bond acceptors (Lipinski definition) is 6. The average Bonchev–Trinajstić information content (AvgIpc) is 2.65. The van der Waals surface area contributed by atoms with Crippen molar-refractivity contribution in [2.75, 3.05) is 32.8 Å². The first-order valence-electron chi connectivity index (χ1n) is 9.99. The fraction of sp³-hybridized carbons (Fsp3) is 0.550. The maximum absolute atomic E-state index is 13.3. The summed E-state index contributed by atoms with van der Waals surface area (Å²) in [6.45, 7) is 3.99. The Balaban J connectivity index is 1.53. The lowest BCUT2D eigenvalue weighted by atomic mass is 9.50. The normalized spacial score (nSPS) is 26.0. The molecule has 0 aromatic carbocycles. The quantitative estimate of drug-likeness (QED) is 0.698. The van der Waals surface area contributed by atoms with Crippen molar-refractivity contribution in [2.24, 2.45) is 5.92 Å². The summed E-state index contributed by atoms with van der Waals surface area (Å²) >= 11 is 3.36. The van der Waals surface area contributed by atoms with Crippen LogP contribution in [0.1, 0.15) is 29.6 Å². The molecule has 4 fully saturated rings. The van der Waals surface area contributed by atoms with Crippen LogP contribution in [0.5, 0.6) is 5.75 Å². The molecule has 8 nitrogen and oxygen atoms in total. The van der Waals surface area contributed by atoms with Crippen molar-refractivity contribution in [3.05, 3.63) is 32.7 Å². The van der Waals surface area contributed by atoms with Gasteiger partial charge in [-0.25, -0.2) is 4.98 Å². The number of aromatic hydroxyl groups is 1. The highest BCUT2D eigenvalue weighted by Gasteiger charge is 2.57. The third-order valence-corrected chi connectivity index (χ3v) is 6.86. The SMILES string of the molecule is O=C(NC12CC(C1)C2)c1c(O)c2cc(Br)cnc2n(CCN2CCOCC2)c1=O. The fourth-order valence-corrected chi connectivity index (χ4v) is 5.03. The molecule has 0 radical (unpaired) electrons. The van der Waals surface area contributed by atoms with Gasteiger partial charge < -0.3 is 15.2 Å². The summed E-state index contributed by atoms with van der Waals surface area (Å²) in [5, 5.41) is 14.2. The largest absolute Gasteiger partial charge is 0.506 e. The predicted molar refractivity (Wildman–Crippen MR) is 110 cm³/mol. The zero-order chi connectivity index (χ0) is 20.2. The molecular formula is C20H23BrN4O4. The van der Waals surface area contributed by atoms with E-state index in [1.54, 1.807) is 12.3 Å². The van der Waals surface area contributed by atoms with Gasteiger partial charge in [0.25, 0.3) is 11.5 Å². The first kappa shape index (κ1) is 19.0. The van der Waals surface area contributed by atoms with Gasteiger partial charge in [-0.15, -0.1) is 0 Å². The number of fused-ring (bicyclic) bond motifs is 1. The maximum atomic E-state index is 13.3. The number of amides is 1. The van der Waals surface area contributed by atoms with E-state index in [-0.39, 0.29) is 16.9 Å². The fourth-order valence-electron chi connectivity index (χ4n) is 4.70. The minimum Gasteiger partial charge on any atom is -0.506 e. The molecule has 3 aliphatic carbocycles. The van der Waals surface area contributed by atoms with Crippen LogP contribution in [0.15, 0.2) is 21.5 Å². The molecule has 1 amide bonds. The number of morpholine rings is 1. The van der Waals surface area contributed by atoms with Crippen molar-refractivity contribution >= 4 is 32.9 Å². The van der Waals surface area contributed by atoms with Crippen molar-refractivity contribution in [1.82, 2.24) is 19.8 Å². The lowest BCUT2D eigenvalue weighted by molar-refractivity contribution is -0.0439. The zero-order valence-corrected chi connectivity index (χ0v) is 17.6. The molecule has 2 aromatic heterocycles. The molecule has 29 heavy (non-hydrogen) atoms. The molecule has 154 valence electrons. The number of nitrogens with zero attached hydrogens (tertiary/aromatic N) is 3. The van der Waals surface area contributed by atoms with Crippen LogP contribution in [0.4, 0.5) is 0 Å². The number of hydrogen-bond donors (Lipinski definition) is 2. The monoisotopic (exact) mass is 462 g/mol. The van der Waals surface area contributed by atoms with Crippen molar-refractivity contribution in [2.45, 2.75) is 31.3 Å². The van der Waals surface area contributed by atoms with Gasteiger partial charge in [-0.3, -0.25) is 19.1 Å². The summed E-state index contributed by atoms with van der Waals surface area (Å²) in [6, 6.07) is 1.69. The molecule has 3 heterocycles. The molecule has 1 aliphatic heterocycles. The number of ether oxygens (including phenoxy) is 1. The highest BCUT2D eigenvalue weighted by molar-refractivity contribution is 9.10. The highest BCUT2D eigenvalue weighted by atomic mass is 79.9. The number of carbonyl (C=O) groups excluding carboxylic acids is 1.